The molecule has 1 heteroatoms. The third-order valence-corrected chi connectivity index (χ3v) is 7.78. The second kappa shape index (κ2) is 4.31. The van der Waals surface area contributed by atoms with E-state index < -0.39 is 0 Å². The average molecular weight is 316 g/mol. The van der Waals surface area contributed by atoms with Gasteiger partial charge >= 0.3 is 0 Å². The van der Waals surface area contributed by atoms with E-state index in [1.54, 1.807) is 27.8 Å². The van der Waals surface area contributed by atoms with Crippen molar-refractivity contribution in [3.8, 4) is 11.3 Å². The second-order valence-electron chi connectivity index (χ2n) is 9.26. The molecule has 0 N–H and O–H groups in total. The van der Waals surface area contributed by atoms with E-state index in [0.29, 0.717) is 5.41 Å². The Morgan fingerprint density at radius 3 is 2.54 bits per heavy atom. The van der Waals surface area contributed by atoms with E-state index in [0.717, 1.165) is 18.4 Å². The van der Waals surface area contributed by atoms with E-state index in [-0.39, 0.29) is 0 Å². The Morgan fingerprint density at radius 2 is 1.75 bits per heavy atom. The molecule has 1 nitrogen and oxygen atoms in total. The maximum absolute atomic E-state index is 2.55. The quantitative estimate of drug-likeness (QED) is 0.535. The molecule has 1 aromatic heterocycles. The van der Waals surface area contributed by atoms with Gasteiger partial charge in [-0.3, -0.25) is 0 Å². The zero-order valence-electron chi connectivity index (χ0n) is 14.9. The largest absolute Gasteiger partial charge is 0.213 e. The van der Waals surface area contributed by atoms with E-state index in [9.17, 15) is 0 Å². The molecule has 0 saturated heterocycles. The summed E-state index contributed by atoms with van der Waals surface area (Å²) in [6, 6.07) is 7.60. The Labute approximate surface area is 144 Å². The highest BCUT2D eigenvalue weighted by atomic mass is 15.0. The van der Waals surface area contributed by atoms with Crippen molar-refractivity contribution in [1.29, 1.82) is 0 Å². The van der Waals surface area contributed by atoms with Crippen LogP contribution in [-0.2, 0) is 25.8 Å². The van der Waals surface area contributed by atoms with E-state index in [2.05, 4.69) is 42.8 Å². The lowest BCUT2D eigenvalue weighted by molar-refractivity contribution is -0.672. The smallest absolute Gasteiger partial charge is 0.194 e. The van der Waals surface area contributed by atoms with Gasteiger partial charge in [-0.25, -0.2) is 0 Å². The fraction of sp³-hybridized carbons (Fsp3) is 0.522. The van der Waals surface area contributed by atoms with Crippen LogP contribution in [0.25, 0.3) is 11.3 Å². The van der Waals surface area contributed by atoms with Gasteiger partial charge in [0.15, 0.2) is 12.7 Å². The Balaban J connectivity index is 1.50. The molecule has 7 rings (SSSR count). The number of aryl methyl sites for hydroxylation is 2. The van der Waals surface area contributed by atoms with Crippen LogP contribution in [0.3, 0.4) is 0 Å². The number of benzene rings is 1. The van der Waals surface area contributed by atoms with Gasteiger partial charge in [0.1, 0.15) is 0 Å². The third-order valence-electron chi connectivity index (χ3n) is 7.78. The molecule has 0 spiro atoms. The molecule has 122 valence electrons. The summed E-state index contributed by atoms with van der Waals surface area (Å²) in [5, 5.41) is 0. The summed E-state index contributed by atoms with van der Waals surface area (Å²) in [5.74, 6) is 1.70. The van der Waals surface area contributed by atoms with Crippen molar-refractivity contribution in [2.24, 2.45) is 11.3 Å². The lowest BCUT2D eigenvalue weighted by Crippen LogP contribution is -2.49. The third kappa shape index (κ3) is 1.59. The molecule has 1 fully saturated rings. The zero-order chi connectivity index (χ0) is 16.1. The Bertz CT molecular complexity index is 889. The topological polar surface area (TPSA) is 3.88 Å². The number of rotatable bonds is 0. The van der Waals surface area contributed by atoms with Crippen molar-refractivity contribution < 1.29 is 4.57 Å². The van der Waals surface area contributed by atoms with E-state index in [1.165, 1.54) is 49.8 Å². The molecule has 2 atom stereocenters. The number of nitrogens with zero attached hydrogens (tertiary/aromatic N) is 1. The molecule has 2 bridgehead atoms. The lowest BCUT2D eigenvalue weighted by Gasteiger charge is -2.56. The molecule has 1 saturated carbocycles. The number of hydrogen-bond donors (Lipinski definition) is 0. The molecule has 2 heterocycles. The van der Waals surface area contributed by atoms with E-state index in [4.69, 9.17) is 0 Å². The minimum Gasteiger partial charge on any atom is -0.194 e. The van der Waals surface area contributed by atoms with Crippen LogP contribution in [0.2, 0.25) is 0 Å². The molecular weight excluding hydrogens is 290 g/mol. The number of pyridine rings is 1. The minimum absolute atomic E-state index is 0.520. The molecule has 1 aromatic carbocycles. The Kier molecular flexibility index (Phi) is 2.45. The highest BCUT2D eigenvalue weighted by molar-refractivity contribution is 5.67. The predicted molar refractivity (Wildman–Crippen MR) is 96.2 cm³/mol. The molecule has 4 aliphatic carbocycles. The summed E-state index contributed by atoms with van der Waals surface area (Å²) in [7, 11) is 0. The maximum Gasteiger partial charge on any atom is 0.213 e. The van der Waals surface area contributed by atoms with Crippen molar-refractivity contribution in [3.05, 3.63) is 52.2 Å². The van der Waals surface area contributed by atoms with Crippen molar-refractivity contribution in [2.45, 2.75) is 64.8 Å². The molecule has 5 aliphatic rings. The monoisotopic (exact) mass is 316 g/mol. The van der Waals surface area contributed by atoms with Crippen molar-refractivity contribution in [1.82, 2.24) is 0 Å². The Morgan fingerprint density at radius 1 is 0.958 bits per heavy atom. The van der Waals surface area contributed by atoms with Crippen LogP contribution in [0, 0.1) is 11.3 Å². The zero-order valence-corrected chi connectivity index (χ0v) is 14.9. The van der Waals surface area contributed by atoms with Crippen molar-refractivity contribution in [2.75, 3.05) is 0 Å². The first kappa shape index (κ1) is 13.6. The van der Waals surface area contributed by atoms with Gasteiger partial charge in [-0.15, -0.1) is 0 Å². The lowest BCUT2D eigenvalue weighted by atomic mass is 9.47. The van der Waals surface area contributed by atoms with Crippen LogP contribution in [0.5, 0.6) is 0 Å². The number of fused-ring (bicyclic) bond motifs is 4. The molecule has 0 radical (unpaired) electrons. The van der Waals surface area contributed by atoms with Crippen LogP contribution in [0.15, 0.2) is 24.4 Å². The summed E-state index contributed by atoms with van der Waals surface area (Å²) in [5.41, 5.74) is 11.6. The van der Waals surface area contributed by atoms with E-state index >= 15 is 0 Å². The van der Waals surface area contributed by atoms with Gasteiger partial charge in [-0.05, 0) is 84.6 Å². The summed E-state index contributed by atoms with van der Waals surface area (Å²) in [6.45, 7) is 6.05. The summed E-state index contributed by atoms with van der Waals surface area (Å²) in [6.07, 6.45) is 10.6. The maximum atomic E-state index is 2.55. The highest BCUT2D eigenvalue weighted by Crippen LogP contribution is 2.62. The molecule has 24 heavy (non-hydrogen) atoms. The average Bonchev–Trinajstić information content (AvgIpc) is 2.93. The summed E-state index contributed by atoms with van der Waals surface area (Å²) >= 11 is 0. The van der Waals surface area contributed by atoms with Gasteiger partial charge in [0.2, 0.25) is 5.69 Å². The molecular formula is C23H26N+. The van der Waals surface area contributed by atoms with Crippen LogP contribution in [-0.4, -0.2) is 0 Å². The first-order chi connectivity index (χ1) is 11.6. The van der Waals surface area contributed by atoms with Crippen LogP contribution < -0.4 is 4.57 Å². The van der Waals surface area contributed by atoms with Crippen LogP contribution in [0.4, 0.5) is 0 Å². The molecule has 2 unspecified atom stereocenters. The first-order valence-electron chi connectivity index (χ1n) is 9.82. The van der Waals surface area contributed by atoms with Gasteiger partial charge in [0, 0.05) is 17.2 Å². The van der Waals surface area contributed by atoms with Gasteiger partial charge in [-0.1, -0.05) is 13.8 Å². The van der Waals surface area contributed by atoms with Gasteiger partial charge < -0.3 is 0 Å². The number of aromatic nitrogens is 1. The summed E-state index contributed by atoms with van der Waals surface area (Å²) in [4.78, 5) is 0. The SMILES string of the molecule is CC1(C)C2Cc3cc4[n+](cc3C1C2)Cc1cc2c(cc1-4)CCCC2. The standard InChI is InChI=1S/C23H26N/c1-23(2)18-8-16-10-22-19-9-15-6-4-3-5-14(15)7-17(19)12-24(22)13-20(16)21(23)11-18/h7,9-10,13,18,21H,3-6,8,11-12H2,1-2H3/q+1. The molecule has 1 aliphatic heterocycles. The highest BCUT2D eigenvalue weighted by Gasteiger charge is 2.53. The van der Waals surface area contributed by atoms with E-state index in [1.807, 2.05) is 0 Å². The number of hydrogen-bond acceptors (Lipinski definition) is 0. The van der Waals surface area contributed by atoms with Crippen molar-refractivity contribution >= 4 is 0 Å². The second-order valence-corrected chi connectivity index (χ2v) is 9.26. The summed E-state index contributed by atoms with van der Waals surface area (Å²) < 4.78 is 2.55. The molecule has 0 amide bonds. The van der Waals surface area contributed by atoms with Gasteiger partial charge in [0.25, 0.3) is 0 Å². The van der Waals surface area contributed by atoms with Gasteiger partial charge in [0.05, 0.1) is 5.56 Å². The first-order valence-corrected chi connectivity index (χ1v) is 9.82. The van der Waals surface area contributed by atoms with Crippen LogP contribution >= 0.6 is 0 Å². The molecule has 2 aromatic rings. The van der Waals surface area contributed by atoms with Crippen LogP contribution in [0.1, 0.15) is 66.8 Å². The normalized spacial score (nSPS) is 27.6. The Hall–Kier alpha value is -1.63. The minimum atomic E-state index is 0.520. The fourth-order valence-electron chi connectivity index (χ4n) is 6.05. The van der Waals surface area contributed by atoms with Crippen molar-refractivity contribution in [3.63, 3.8) is 0 Å². The fourth-order valence-corrected chi connectivity index (χ4v) is 6.05. The van der Waals surface area contributed by atoms with Gasteiger partial charge in [-0.2, -0.15) is 4.57 Å². The predicted octanol–water partition coefficient (Wildman–Crippen LogP) is 4.57.